The van der Waals surface area contributed by atoms with E-state index in [0.29, 0.717) is 103 Å². The van der Waals surface area contributed by atoms with Crippen LogP contribution in [0.5, 0.6) is 23.0 Å². The third kappa shape index (κ3) is 49.9. The molecule has 0 atom stereocenters. The highest BCUT2D eigenvalue weighted by atomic mass is 16.5. The molecule has 16 heteroatoms. The van der Waals surface area contributed by atoms with Gasteiger partial charge in [0.1, 0.15) is 23.0 Å². The molecule has 4 fully saturated rings. The zero-order valence-corrected chi connectivity index (χ0v) is 83.0. The lowest BCUT2D eigenvalue weighted by Gasteiger charge is -2.29. The fourth-order valence-corrected chi connectivity index (χ4v) is 20.5. The van der Waals surface area contributed by atoms with Crippen molar-refractivity contribution in [2.75, 3.05) is 118 Å². The molecule has 0 bridgehead atoms. The van der Waals surface area contributed by atoms with Crippen LogP contribution in [0.25, 0.3) is 0 Å². The van der Waals surface area contributed by atoms with E-state index in [9.17, 15) is 19.2 Å². The van der Waals surface area contributed by atoms with Crippen LogP contribution in [0.3, 0.4) is 0 Å². The summed E-state index contributed by atoms with van der Waals surface area (Å²) < 4.78 is 47.5. The van der Waals surface area contributed by atoms with E-state index < -0.39 is 0 Å². The van der Waals surface area contributed by atoms with Gasteiger partial charge in [0, 0.05) is 26.2 Å². The maximum Gasteiger partial charge on any atom is 0.307 e. The Bertz CT molecular complexity index is 2980. The van der Waals surface area contributed by atoms with Gasteiger partial charge in [-0.2, -0.15) is 0 Å². The van der Waals surface area contributed by atoms with Gasteiger partial charge in [-0.05, 0) is 389 Å². The first kappa shape index (κ1) is 109. The summed E-state index contributed by atoms with van der Waals surface area (Å²) in [5.41, 5.74) is 5.85. The quantitative estimate of drug-likeness (QED) is 0.0243. The molecule has 0 saturated heterocycles. The van der Waals surface area contributed by atoms with Crippen LogP contribution in [-0.4, -0.2) is 152 Å². The van der Waals surface area contributed by atoms with Gasteiger partial charge in [-0.25, -0.2) is 0 Å². The molecular formula is C114H186N4O12. The molecule has 130 heavy (non-hydrogen) atoms. The normalized spacial score (nSPS) is 18.8. The second kappa shape index (κ2) is 71.3. The number of ether oxygens (including phenoxy) is 8. The molecular weight excluding hydrogens is 1620 g/mol. The predicted octanol–water partition coefficient (Wildman–Crippen LogP) is 28.0. The summed E-state index contributed by atoms with van der Waals surface area (Å²) in [4.78, 5) is 57.0. The third-order valence-electron chi connectivity index (χ3n) is 29.1. The molecule has 734 valence electrons. The van der Waals surface area contributed by atoms with Crippen molar-refractivity contribution in [1.82, 2.24) is 20.4 Å². The van der Waals surface area contributed by atoms with E-state index in [-0.39, 0.29) is 49.6 Å². The van der Waals surface area contributed by atoms with Crippen LogP contribution >= 0.6 is 0 Å². The largest absolute Gasteiger partial charge is 0.494 e. The predicted molar refractivity (Wildman–Crippen MR) is 536 cm³/mol. The summed E-state index contributed by atoms with van der Waals surface area (Å²) in [5.74, 6) is 9.42. The Morgan fingerprint density at radius 3 is 0.662 bits per heavy atom. The second-order valence-electron chi connectivity index (χ2n) is 39.7. The van der Waals surface area contributed by atoms with E-state index >= 15 is 0 Å². The molecule has 0 spiro atoms. The first-order chi connectivity index (χ1) is 64.0. The van der Waals surface area contributed by atoms with E-state index in [2.05, 4.69) is 145 Å². The topological polar surface area (TPSA) is 173 Å². The van der Waals surface area contributed by atoms with Gasteiger partial charge in [0.15, 0.2) is 0 Å². The van der Waals surface area contributed by atoms with Crippen LogP contribution in [-0.2, 0) is 38.1 Å². The Kier molecular flexibility index (Phi) is 59.9. The number of unbranched alkanes of at least 4 members (excludes halogenated alkanes) is 21. The highest BCUT2D eigenvalue weighted by Crippen LogP contribution is 2.43. The number of hydrogen-bond donors (Lipinski definition) is 2. The van der Waals surface area contributed by atoms with Crippen molar-refractivity contribution >= 4 is 23.9 Å². The van der Waals surface area contributed by atoms with Gasteiger partial charge in [-0.15, -0.1) is 0 Å². The van der Waals surface area contributed by atoms with Gasteiger partial charge < -0.3 is 58.3 Å². The molecule has 0 aromatic heterocycles. The molecule has 0 unspecified atom stereocenters. The Balaban J connectivity index is 0.679. The maximum absolute atomic E-state index is 13.1. The number of hydrogen-bond acceptors (Lipinski definition) is 16. The van der Waals surface area contributed by atoms with Crippen molar-refractivity contribution in [3.8, 4) is 23.0 Å². The minimum atomic E-state index is -0.195. The van der Waals surface area contributed by atoms with Gasteiger partial charge in [0.05, 0.1) is 78.5 Å². The molecule has 0 aliphatic heterocycles. The van der Waals surface area contributed by atoms with Gasteiger partial charge >= 0.3 is 23.9 Å². The van der Waals surface area contributed by atoms with Crippen molar-refractivity contribution in [1.29, 1.82) is 0 Å². The average molecular weight is 1800 g/mol. The smallest absolute Gasteiger partial charge is 0.307 e. The number of rotatable bonds is 77. The van der Waals surface area contributed by atoms with E-state index in [4.69, 9.17) is 37.9 Å². The number of carbonyl (C=O) groups excluding carboxylic acids is 4. The molecule has 0 radical (unpaired) electrons. The molecule has 4 aromatic carbocycles. The Morgan fingerprint density at radius 2 is 0.446 bits per heavy atom. The van der Waals surface area contributed by atoms with Gasteiger partial charge in [-0.1, -0.05) is 179 Å². The summed E-state index contributed by atoms with van der Waals surface area (Å²) in [6.45, 7) is 20.7. The van der Waals surface area contributed by atoms with Crippen molar-refractivity contribution < 1.29 is 57.1 Å². The molecule has 4 aromatic rings. The van der Waals surface area contributed by atoms with Crippen LogP contribution in [0.4, 0.5) is 0 Å². The lowest BCUT2D eigenvalue weighted by Crippen LogP contribution is -2.32. The number of carbonyl (C=O) groups is 4. The standard InChI is InChI=1S/C114H186N4O12/c1-5-9-21-37-95-41-49-99(50-42-95)103-57-65-107(66-58-103)123-87-27-13-17-31-91-127-111(119)73-83-117(84-74-112(120)128-92-32-18-14-28-88-124-108-67-59-104(60-68-108)100-51-43-96(44-52-100)38-22-10-6-2)81-35-79-115-77-25-26-78-116-80-36-82-118(85-75-113(121)129-93-33-19-15-29-89-125-109-69-61-105(62-70-109)101-53-45-97(46-54-101)39-23-11-7-3)86-76-114(122)130-94-34-20-16-30-90-126-110-71-63-106(64-72-110)102-55-47-98(48-56-102)40-24-12-8-4/h57-72,95-102,115-116H,5-56,73-94H2,1-4H3. The number of benzene rings is 4. The van der Waals surface area contributed by atoms with Crippen LogP contribution < -0.4 is 29.6 Å². The van der Waals surface area contributed by atoms with E-state index in [0.717, 1.165) is 214 Å². The Labute approximate surface area is 792 Å². The number of nitrogens with one attached hydrogen (secondary N) is 2. The second-order valence-corrected chi connectivity index (χ2v) is 39.7. The van der Waals surface area contributed by atoms with Crippen LogP contribution in [0, 0.1) is 23.7 Å². The number of esters is 4. The fourth-order valence-electron chi connectivity index (χ4n) is 20.5. The third-order valence-corrected chi connectivity index (χ3v) is 29.1. The molecule has 0 heterocycles. The highest BCUT2D eigenvalue weighted by Gasteiger charge is 2.27. The SMILES string of the molecule is CCCCCC1CCC(c2ccc(OCCCCCCOC(=O)CCN(CCCNCCCCNCCCN(CCC(=O)OCCCCCCOc3ccc(C4CCC(CCCCC)CC4)cc3)CCC(=O)OCCCCCCOc3ccc(C4CCC(CCCCC)CC4)cc3)CCC(=O)OCCCCCCOc3ccc(C4CCC(CCCCC)CC4)cc3)cc2)CC1. The van der Waals surface area contributed by atoms with Crippen molar-refractivity contribution in [3.63, 3.8) is 0 Å². The maximum atomic E-state index is 13.1. The lowest BCUT2D eigenvalue weighted by molar-refractivity contribution is -0.146. The van der Waals surface area contributed by atoms with Gasteiger partial charge in [-0.3, -0.25) is 19.2 Å². The fraction of sp³-hybridized carbons (Fsp3) is 0.754. The van der Waals surface area contributed by atoms with E-state index in [1.54, 1.807) is 0 Å². The average Bonchev–Trinajstić information content (AvgIpc) is 0.868. The summed E-state index contributed by atoms with van der Waals surface area (Å²) in [5, 5.41) is 7.28. The van der Waals surface area contributed by atoms with Crippen molar-refractivity contribution in [2.45, 2.75) is 411 Å². The van der Waals surface area contributed by atoms with Gasteiger partial charge in [0.25, 0.3) is 0 Å². The van der Waals surface area contributed by atoms with Crippen molar-refractivity contribution in [3.05, 3.63) is 119 Å². The molecule has 16 nitrogen and oxygen atoms in total. The van der Waals surface area contributed by atoms with Crippen LogP contribution in [0.15, 0.2) is 97.1 Å². The van der Waals surface area contributed by atoms with E-state index in [1.807, 2.05) is 0 Å². The summed E-state index contributed by atoms with van der Waals surface area (Å²) in [7, 11) is 0. The molecule has 2 N–H and O–H groups in total. The molecule has 0 amide bonds. The van der Waals surface area contributed by atoms with Gasteiger partial charge in [0.2, 0.25) is 0 Å². The number of nitrogens with zero attached hydrogens (tertiary/aromatic N) is 2. The molecule has 8 rings (SSSR count). The molecule has 4 aliphatic rings. The van der Waals surface area contributed by atoms with Crippen LogP contribution in [0.2, 0.25) is 0 Å². The molecule has 4 aliphatic carbocycles. The minimum Gasteiger partial charge on any atom is -0.494 e. The first-order valence-electron chi connectivity index (χ1n) is 54.4. The summed E-state index contributed by atoms with van der Waals surface area (Å²) in [6.07, 6.45) is 63.4. The zero-order chi connectivity index (χ0) is 91.4. The molecule has 4 saturated carbocycles. The van der Waals surface area contributed by atoms with Crippen molar-refractivity contribution in [2.24, 2.45) is 23.7 Å². The van der Waals surface area contributed by atoms with Crippen LogP contribution in [0.1, 0.15) is 433 Å². The lowest BCUT2D eigenvalue weighted by atomic mass is 9.77. The summed E-state index contributed by atoms with van der Waals surface area (Å²) in [6, 6.07) is 35.5. The Hall–Kier alpha value is -6.20. The first-order valence-corrected chi connectivity index (χ1v) is 54.4. The highest BCUT2D eigenvalue weighted by molar-refractivity contribution is 5.71. The Morgan fingerprint density at radius 1 is 0.238 bits per heavy atom. The monoisotopic (exact) mass is 1800 g/mol. The zero-order valence-electron chi connectivity index (χ0n) is 83.0. The summed E-state index contributed by atoms with van der Waals surface area (Å²) >= 11 is 0. The van der Waals surface area contributed by atoms with E-state index in [1.165, 1.54) is 228 Å². The minimum absolute atomic E-state index is 0.195.